The van der Waals surface area contributed by atoms with Crippen LogP contribution >= 0.6 is 11.6 Å². The van der Waals surface area contributed by atoms with Gasteiger partial charge in [0.1, 0.15) is 12.1 Å². The summed E-state index contributed by atoms with van der Waals surface area (Å²) in [5.74, 6) is -4.08. The number of nitro groups is 1. The van der Waals surface area contributed by atoms with Crippen LogP contribution in [-0.2, 0) is 9.59 Å². The number of imide groups is 1. The van der Waals surface area contributed by atoms with Crippen LogP contribution in [0.3, 0.4) is 0 Å². The van der Waals surface area contributed by atoms with Gasteiger partial charge in [-0.15, -0.1) is 0 Å². The van der Waals surface area contributed by atoms with Gasteiger partial charge >= 0.3 is 0 Å². The van der Waals surface area contributed by atoms with Gasteiger partial charge < -0.3 is 0 Å². The first kappa shape index (κ1) is 22.0. The summed E-state index contributed by atoms with van der Waals surface area (Å²) in [6.07, 6.45) is 4.52. The third kappa shape index (κ3) is 3.40. The van der Waals surface area contributed by atoms with E-state index in [0.29, 0.717) is 11.4 Å². The highest BCUT2D eigenvalue weighted by molar-refractivity contribution is 6.30. The standard InChI is InChI=1S/C24H18ClN3O6/c25-16-9-7-13(8-10-16)19(29)12-26(22(30)17-3-1-2-4-18(17)28(33)34)27-23(31)20-14-5-6-15(11-14)21(20)24(27)32/h1-10,14-15,20-21H,11-12H2/t14-,15-,20+,21+/m0/s1. The van der Waals surface area contributed by atoms with Crippen LogP contribution in [-0.4, -0.2) is 45.0 Å². The summed E-state index contributed by atoms with van der Waals surface area (Å²) in [4.78, 5) is 64.1. The average molecular weight is 480 g/mol. The molecule has 2 aromatic carbocycles. The van der Waals surface area contributed by atoms with E-state index in [4.69, 9.17) is 11.6 Å². The number of ketones is 1. The quantitative estimate of drug-likeness (QED) is 0.206. The molecule has 5 rings (SSSR count). The van der Waals surface area contributed by atoms with Gasteiger partial charge in [0.05, 0.1) is 16.8 Å². The summed E-state index contributed by atoms with van der Waals surface area (Å²) >= 11 is 5.89. The summed E-state index contributed by atoms with van der Waals surface area (Å²) in [5, 5.41) is 13.4. The first-order valence-electron chi connectivity index (χ1n) is 10.7. The third-order valence-electron chi connectivity index (χ3n) is 6.71. The number of hydrogen-bond acceptors (Lipinski definition) is 6. The summed E-state index contributed by atoms with van der Waals surface area (Å²) in [7, 11) is 0. The zero-order chi connectivity index (χ0) is 24.1. The van der Waals surface area contributed by atoms with E-state index in [-0.39, 0.29) is 23.0 Å². The predicted octanol–water partition coefficient (Wildman–Crippen LogP) is 3.30. The lowest BCUT2D eigenvalue weighted by Crippen LogP contribution is -2.52. The molecule has 9 nitrogen and oxygen atoms in total. The van der Waals surface area contributed by atoms with Gasteiger partial charge in [-0.1, -0.05) is 35.9 Å². The Bertz CT molecular complexity index is 1240. The Labute approximate surface area is 198 Å². The smallest absolute Gasteiger partial charge is 0.282 e. The fourth-order valence-corrected chi connectivity index (χ4v) is 5.30. The molecule has 0 N–H and O–H groups in total. The second kappa shape index (κ2) is 8.18. The molecular formula is C24H18ClN3O6. The number of carbonyl (C=O) groups is 4. The minimum atomic E-state index is -0.975. The second-order valence-electron chi connectivity index (χ2n) is 8.56. The van der Waals surface area contributed by atoms with Crippen molar-refractivity contribution in [3.63, 3.8) is 0 Å². The lowest BCUT2D eigenvalue weighted by Gasteiger charge is -2.30. The molecule has 1 aliphatic heterocycles. The Morgan fingerprint density at radius 3 is 2.18 bits per heavy atom. The number of carbonyl (C=O) groups excluding carboxylic acids is 4. The van der Waals surface area contributed by atoms with E-state index in [1.54, 1.807) is 0 Å². The molecule has 2 aliphatic carbocycles. The first-order chi connectivity index (χ1) is 16.3. The minimum Gasteiger partial charge on any atom is -0.292 e. The van der Waals surface area contributed by atoms with E-state index in [1.807, 2.05) is 12.2 Å². The van der Waals surface area contributed by atoms with Crippen molar-refractivity contribution >= 4 is 40.8 Å². The highest BCUT2D eigenvalue weighted by Gasteiger charge is 2.61. The second-order valence-corrected chi connectivity index (χ2v) is 8.99. The molecule has 1 saturated carbocycles. The molecule has 1 saturated heterocycles. The number of nitrogens with zero attached hydrogens (tertiary/aromatic N) is 3. The van der Waals surface area contributed by atoms with Crippen LogP contribution in [0.4, 0.5) is 5.69 Å². The largest absolute Gasteiger partial charge is 0.292 e. The number of halogens is 1. The average Bonchev–Trinajstić information content (AvgIpc) is 3.51. The minimum absolute atomic E-state index is 0.105. The number of allylic oxidation sites excluding steroid dienone is 2. The highest BCUT2D eigenvalue weighted by atomic mass is 35.5. The van der Waals surface area contributed by atoms with Gasteiger partial charge in [0.25, 0.3) is 23.4 Å². The normalized spacial score (nSPS) is 24.4. The Kier molecular flexibility index (Phi) is 5.28. The van der Waals surface area contributed by atoms with Crippen molar-refractivity contribution in [1.82, 2.24) is 10.0 Å². The van der Waals surface area contributed by atoms with E-state index in [2.05, 4.69) is 0 Å². The predicted molar refractivity (Wildman–Crippen MR) is 119 cm³/mol. The van der Waals surface area contributed by atoms with Crippen molar-refractivity contribution in [1.29, 1.82) is 0 Å². The lowest BCUT2D eigenvalue weighted by atomic mass is 9.85. The van der Waals surface area contributed by atoms with Gasteiger partial charge in [-0.05, 0) is 48.6 Å². The number of benzene rings is 2. The number of nitro benzene ring substituents is 1. The molecule has 10 heteroatoms. The molecule has 34 heavy (non-hydrogen) atoms. The van der Waals surface area contributed by atoms with E-state index < -0.39 is 52.5 Å². The fourth-order valence-electron chi connectivity index (χ4n) is 5.17. The molecule has 3 aliphatic rings. The summed E-state index contributed by atoms with van der Waals surface area (Å²) in [5.41, 5.74) is -0.599. The summed E-state index contributed by atoms with van der Waals surface area (Å²) < 4.78 is 0. The molecule has 3 amide bonds. The van der Waals surface area contributed by atoms with Crippen LogP contribution in [0.2, 0.25) is 5.02 Å². The maximum Gasteiger partial charge on any atom is 0.282 e. The molecular weight excluding hydrogens is 462 g/mol. The van der Waals surface area contributed by atoms with Gasteiger partial charge in [0, 0.05) is 16.7 Å². The first-order valence-corrected chi connectivity index (χ1v) is 11.1. The van der Waals surface area contributed by atoms with Gasteiger partial charge in [0.15, 0.2) is 5.78 Å². The summed E-state index contributed by atoms with van der Waals surface area (Å²) in [6.45, 7) is -0.647. The van der Waals surface area contributed by atoms with Gasteiger partial charge in [-0.2, -0.15) is 5.01 Å². The number of hydrogen-bond donors (Lipinski definition) is 0. The number of para-hydroxylation sites is 1. The van der Waals surface area contributed by atoms with Crippen molar-refractivity contribution in [2.24, 2.45) is 23.7 Å². The zero-order valence-electron chi connectivity index (χ0n) is 17.7. The number of Topliss-reactive ketones (excluding diaryl/α,β-unsaturated/α-hetero) is 1. The molecule has 0 unspecified atom stereocenters. The van der Waals surface area contributed by atoms with Gasteiger partial charge in [0.2, 0.25) is 0 Å². The molecule has 1 heterocycles. The fraction of sp³-hybridized carbons (Fsp3) is 0.250. The zero-order valence-corrected chi connectivity index (χ0v) is 18.4. The molecule has 0 aromatic heterocycles. The molecule has 0 spiro atoms. The lowest BCUT2D eigenvalue weighted by molar-refractivity contribution is -0.385. The Morgan fingerprint density at radius 1 is 1.00 bits per heavy atom. The van der Waals surface area contributed by atoms with E-state index in [0.717, 1.165) is 16.1 Å². The van der Waals surface area contributed by atoms with Crippen molar-refractivity contribution < 1.29 is 24.1 Å². The van der Waals surface area contributed by atoms with Crippen LogP contribution in [0, 0.1) is 33.8 Å². The summed E-state index contributed by atoms with van der Waals surface area (Å²) in [6, 6.07) is 11.2. The Morgan fingerprint density at radius 2 is 1.59 bits per heavy atom. The number of rotatable bonds is 6. The van der Waals surface area contributed by atoms with Crippen molar-refractivity contribution in [2.75, 3.05) is 6.54 Å². The highest BCUT2D eigenvalue weighted by Crippen LogP contribution is 2.52. The van der Waals surface area contributed by atoms with Crippen LogP contribution in [0.25, 0.3) is 0 Å². The monoisotopic (exact) mass is 479 g/mol. The molecule has 2 fully saturated rings. The Balaban J connectivity index is 1.54. The molecule has 2 aromatic rings. The maximum atomic E-state index is 13.6. The van der Waals surface area contributed by atoms with Crippen LogP contribution < -0.4 is 0 Å². The third-order valence-corrected chi connectivity index (χ3v) is 6.97. The molecule has 172 valence electrons. The van der Waals surface area contributed by atoms with Gasteiger partial charge in [-0.25, -0.2) is 5.01 Å². The topological polar surface area (TPSA) is 118 Å². The van der Waals surface area contributed by atoms with E-state index >= 15 is 0 Å². The van der Waals surface area contributed by atoms with Crippen molar-refractivity contribution in [3.05, 3.63) is 86.9 Å². The maximum absolute atomic E-state index is 13.6. The van der Waals surface area contributed by atoms with E-state index in [1.165, 1.54) is 42.5 Å². The van der Waals surface area contributed by atoms with Crippen molar-refractivity contribution in [3.8, 4) is 0 Å². The van der Waals surface area contributed by atoms with Crippen LogP contribution in [0.15, 0.2) is 60.7 Å². The van der Waals surface area contributed by atoms with Gasteiger partial charge in [-0.3, -0.25) is 29.3 Å². The number of amides is 3. The van der Waals surface area contributed by atoms with E-state index in [9.17, 15) is 29.3 Å². The van der Waals surface area contributed by atoms with Crippen LogP contribution in [0.5, 0.6) is 0 Å². The number of hydrazine groups is 1. The molecule has 2 bridgehead atoms. The SMILES string of the molecule is O=C(CN(C(=O)c1ccccc1[N+](=O)[O-])N1C(=O)[C@H]2[C@H](C1=O)[C@H]1C=C[C@H]2C1)c1ccc(Cl)cc1. The van der Waals surface area contributed by atoms with Crippen molar-refractivity contribution in [2.45, 2.75) is 6.42 Å². The molecule has 4 atom stereocenters. The Hall–Kier alpha value is -3.85. The number of fused-ring (bicyclic) bond motifs is 5. The molecule has 0 radical (unpaired) electrons. The van der Waals surface area contributed by atoms with Crippen LogP contribution in [0.1, 0.15) is 27.1 Å².